The average molecular weight is 302 g/mol. The molecule has 21 heavy (non-hydrogen) atoms. The molecule has 5 N–H and O–H groups in total. The maximum atomic E-state index is 11.8. The normalized spacial score (nSPS) is 10.1. The molecule has 1 heterocycles. The van der Waals surface area contributed by atoms with Crippen LogP contribution in [0.25, 0.3) is 0 Å². The van der Waals surface area contributed by atoms with Gasteiger partial charge >= 0.3 is 0 Å². The van der Waals surface area contributed by atoms with E-state index in [-0.39, 0.29) is 11.7 Å². The van der Waals surface area contributed by atoms with Gasteiger partial charge in [-0.3, -0.25) is 9.59 Å². The minimum absolute atomic E-state index is 0.162. The SMILES string of the molecule is NC(=O)c1ccc(NC(=O)CSc2ccc(N)cn2)cc1. The molecule has 0 saturated carbocycles. The van der Waals surface area contributed by atoms with E-state index in [1.54, 1.807) is 42.6 Å². The number of pyridine rings is 1. The molecule has 0 aliphatic heterocycles. The number of benzene rings is 1. The summed E-state index contributed by atoms with van der Waals surface area (Å²) in [6, 6.07) is 9.87. The molecule has 6 nitrogen and oxygen atoms in total. The molecule has 0 spiro atoms. The van der Waals surface area contributed by atoms with Gasteiger partial charge in [-0.05, 0) is 36.4 Å². The number of anilines is 2. The molecule has 2 amide bonds. The zero-order valence-electron chi connectivity index (χ0n) is 11.1. The van der Waals surface area contributed by atoms with Crippen LogP contribution in [0.15, 0.2) is 47.6 Å². The zero-order valence-corrected chi connectivity index (χ0v) is 11.9. The highest BCUT2D eigenvalue weighted by atomic mass is 32.2. The van der Waals surface area contributed by atoms with Gasteiger partial charge in [-0.2, -0.15) is 0 Å². The van der Waals surface area contributed by atoms with Gasteiger partial charge in [0.15, 0.2) is 0 Å². The number of aromatic nitrogens is 1. The number of amides is 2. The van der Waals surface area contributed by atoms with Crippen molar-refractivity contribution in [2.24, 2.45) is 5.73 Å². The molecule has 1 aromatic carbocycles. The Morgan fingerprint density at radius 2 is 1.86 bits per heavy atom. The van der Waals surface area contributed by atoms with Crippen LogP contribution in [0.1, 0.15) is 10.4 Å². The van der Waals surface area contributed by atoms with Crippen molar-refractivity contribution in [2.75, 3.05) is 16.8 Å². The number of carbonyl (C=O) groups is 2. The molecular formula is C14H14N4O2S. The third-order valence-electron chi connectivity index (χ3n) is 2.56. The summed E-state index contributed by atoms with van der Waals surface area (Å²) in [7, 11) is 0. The number of nitrogens with two attached hydrogens (primary N) is 2. The van der Waals surface area contributed by atoms with Crippen LogP contribution in [0.3, 0.4) is 0 Å². The quantitative estimate of drug-likeness (QED) is 0.725. The van der Waals surface area contributed by atoms with Gasteiger partial charge in [-0.15, -0.1) is 0 Å². The van der Waals surface area contributed by atoms with E-state index < -0.39 is 5.91 Å². The largest absolute Gasteiger partial charge is 0.397 e. The minimum Gasteiger partial charge on any atom is -0.397 e. The summed E-state index contributed by atoms with van der Waals surface area (Å²) >= 11 is 1.31. The second kappa shape index (κ2) is 6.76. The standard InChI is InChI=1S/C14H14N4O2S/c15-10-3-6-13(17-7-10)21-8-12(19)18-11-4-1-9(2-5-11)14(16)20/h1-7H,8,15H2,(H2,16,20)(H,18,19). The van der Waals surface area contributed by atoms with Crippen LogP contribution in [0.4, 0.5) is 11.4 Å². The number of thioether (sulfide) groups is 1. The maximum Gasteiger partial charge on any atom is 0.248 e. The molecule has 0 saturated heterocycles. The Labute approximate surface area is 125 Å². The number of hydrogen-bond donors (Lipinski definition) is 3. The van der Waals surface area contributed by atoms with Gasteiger partial charge in [-0.1, -0.05) is 11.8 Å². The van der Waals surface area contributed by atoms with Crippen molar-refractivity contribution in [3.8, 4) is 0 Å². The summed E-state index contributed by atoms with van der Waals surface area (Å²) in [5.74, 6) is -0.433. The number of primary amides is 1. The van der Waals surface area contributed by atoms with Crippen LogP contribution in [0, 0.1) is 0 Å². The van der Waals surface area contributed by atoms with E-state index in [0.717, 1.165) is 5.03 Å². The predicted molar refractivity (Wildman–Crippen MR) is 83.0 cm³/mol. The van der Waals surface area contributed by atoms with E-state index in [2.05, 4.69) is 10.3 Å². The molecular weight excluding hydrogens is 288 g/mol. The highest BCUT2D eigenvalue weighted by molar-refractivity contribution is 7.99. The van der Waals surface area contributed by atoms with Crippen molar-refractivity contribution in [3.63, 3.8) is 0 Å². The van der Waals surface area contributed by atoms with Gasteiger partial charge in [0, 0.05) is 11.3 Å². The van der Waals surface area contributed by atoms with E-state index in [9.17, 15) is 9.59 Å². The first-order valence-corrected chi connectivity index (χ1v) is 7.07. The molecule has 2 rings (SSSR count). The summed E-state index contributed by atoms with van der Waals surface area (Å²) in [6.07, 6.45) is 1.54. The van der Waals surface area contributed by atoms with E-state index in [4.69, 9.17) is 11.5 Å². The maximum absolute atomic E-state index is 11.8. The lowest BCUT2D eigenvalue weighted by atomic mass is 10.2. The van der Waals surface area contributed by atoms with Crippen molar-refractivity contribution in [2.45, 2.75) is 5.03 Å². The number of rotatable bonds is 5. The predicted octanol–water partition coefficient (Wildman–Crippen LogP) is 1.49. The van der Waals surface area contributed by atoms with Gasteiger partial charge in [0.25, 0.3) is 0 Å². The van der Waals surface area contributed by atoms with Gasteiger partial charge in [-0.25, -0.2) is 4.98 Å². The van der Waals surface area contributed by atoms with Crippen molar-refractivity contribution >= 4 is 35.0 Å². The van der Waals surface area contributed by atoms with Crippen molar-refractivity contribution in [1.29, 1.82) is 0 Å². The molecule has 0 unspecified atom stereocenters. The Morgan fingerprint density at radius 1 is 1.14 bits per heavy atom. The second-order valence-corrected chi connectivity index (χ2v) is 5.20. The van der Waals surface area contributed by atoms with E-state index in [0.29, 0.717) is 16.9 Å². The number of carbonyl (C=O) groups excluding carboxylic acids is 2. The molecule has 2 aromatic rings. The molecule has 108 valence electrons. The Bertz CT molecular complexity index is 641. The van der Waals surface area contributed by atoms with Crippen molar-refractivity contribution in [1.82, 2.24) is 4.98 Å². The van der Waals surface area contributed by atoms with Crippen LogP contribution >= 0.6 is 11.8 Å². The Kier molecular flexibility index (Phi) is 4.78. The lowest BCUT2D eigenvalue weighted by Crippen LogP contribution is -2.15. The first-order chi connectivity index (χ1) is 10.0. The lowest BCUT2D eigenvalue weighted by Gasteiger charge is -2.05. The smallest absolute Gasteiger partial charge is 0.248 e. The third-order valence-corrected chi connectivity index (χ3v) is 3.51. The van der Waals surface area contributed by atoms with E-state index in [1.807, 2.05) is 0 Å². The number of hydrogen-bond acceptors (Lipinski definition) is 5. The first-order valence-electron chi connectivity index (χ1n) is 6.08. The highest BCUT2D eigenvalue weighted by Gasteiger charge is 2.05. The first kappa shape index (κ1) is 14.9. The molecule has 0 fully saturated rings. The molecule has 0 atom stereocenters. The summed E-state index contributed by atoms with van der Waals surface area (Å²) in [4.78, 5) is 26.8. The monoisotopic (exact) mass is 302 g/mol. The minimum atomic E-state index is -0.502. The average Bonchev–Trinajstić information content (AvgIpc) is 2.47. The highest BCUT2D eigenvalue weighted by Crippen LogP contribution is 2.16. The van der Waals surface area contributed by atoms with Crippen LogP contribution in [0.2, 0.25) is 0 Å². The van der Waals surface area contributed by atoms with Crippen LogP contribution in [-0.4, -0.2) is 22.6 Å². The van der Waals surface area contributed by atoms with Gasteiger partial charge in [0.05, 0.1) is 22.7 Å². The molecule has 0 radical (unpaired) electrons. The van der Waals surface area contributed by atoms with E-state index in [1.165, 1.54) is 11.8 Å². The fourth-order valence-corrected chi connectivity index (χ4v) is 2.17. The van der Waals surface area contributed by atoms with Crippen LogP contribution in [-0.2, 0) is 4.79 Å². The fourth-order valence-electron chi connectivity index (χ4n) is 1.53. The summed E-state index contributed by atoms with van der Waals surface area (Å²) < 4.78 is 0. The second-order valence-electron chi connectivity index (χ2n) is 4.21. The molecule has 0 aliphatic rings. The summed E-state index contributed by atoms with van der Waals surface area (Å²) in [5, 5.41) is 3.45. The third kappa shape index (κ3) is 4.50. The summed E-state index contributed by atoms with van der Waals surface area (Å²) in [6.45, 7) is 0. The van der Waals surface area contributed by atoms with Crippen LogP contribution in [0.5, 0.6) is 0 Å². The molecule has 1 aromatic heterocycles. The summed E-state index contributed by atoms with van der Waals surface area (Å²) in [5.41, 5.74) is 12.3. The molecule has 0 bridgehead atoms. The Morgan fingerprint density at radius 3 is 2.43 bits per heavy atom. The topological polar surface area (TPSA) is 111 Å². The van der Waals surface area contributed by atoms with Crippen molar-refractivity contribution in [3.05, 3.63) is 48.2 Å². The number of nitrogens with one attached hydrogen (secondary N) is 1. The number of nitrogen functional groups attached to an aromatic ring is 1. The fraction of sp³-hybridized carbons (Fsp3) is 0.0714. The van der Waals surface area contributed by atoms with Crippen molar-refractivity contribution < 1.29 is 9.59 Å². The lowest BCUT2D eigenvalue weighted by molar-refractivity contribution is -0.113. The van der Waals surface area contributed by atoms with E-state index >= 15 is 0 Å². The number of nitrogens with zero attached hydrogens (tertiary/aromatic N) is 1. The molecule has 0 aliphatic carbocycles. The van der Waals surface area contributed by atoms with Gasteiger partial charge < -0.3 is 16.8 Å². The Balaban J connectivity index is 1.86. The molecule has 7 heteroatoms. The zero-order chi connectivity index (χ0) is 15.2. The van der Waals surface area contributed by atoms with Gasteiger partial charge in [0.1, 0.15) is 0 Å². The van der Waals surface area contributed by atoms with Gasteiger partial charge in [0.2, 0.25) is 11.8 Å². The Hall–Kier alpha value is -2.54. The van der Waals surface area contributed by atoms with Crippen LogP contribution < -0.4 is 16.8 Å².